The van der Waals surface area contributed by atoms with Crippen LogP contribution in [0.4, 0.5) is 0 Å². The second kappa shape index (κ2) is 31.6. The maximum absolute atomic E-state index is 7.26. The SMILES string of the molecule is CCCCc1c2c(c(CCCC)c3c4nc5nc(nc6[nH]c(nc7nc(nc([nH]4)c13)-c1cc(Oc3c(C)cccc3C)c(Oc3c(C)cccc3C)cc1-7)c1cc(Oc3c(C)cccc3C)c(Oc3c(C)cccc3C)cc61)-c1cc(Oc3c(C)cccc3C)c(Oc3c(C)cccc3C)cc1-5)SC(=C1SC(SC)=C(SC)S1)S2. The summed E-state index contributed by atoms with van der Waals surface area (Å²) < 4.78 is 48.7. The molecule has 0 amide bonds. The number of thioether (sulfide) groups is 6. The van der Waals surface area contributed by atoms with Gasteiger partial charge in [-0.2, -0.15) is 0 Å². The fourth-order valence-corrected chi connectivity index (χ4v) is 23.6. The molecule has 0 aliphatic carbocycles. The Morgan fingerprint density at radius 2 is 0.544 bits per heavy atom. The molecule has 4 aliphatic heterocycles. The Morgan fingerprint density at radius 3 is 0.798 bits per heavy atom. The minimum atomic E-state index is 0.363. The first kappa shape index (κ1) is 76.6. The van der Waals surface area contributed by atoms with Crippen LogP contribution in [0.15, 0.2) is 172 Å². The number of ether oxygens (including phenoxy) is 6. The molecule has 0 saturated carbocycles. The number of hydrogen-bond acceptors (Lipinski definition) is 18. The lowest BCUT2D eigenvalue weighted by Crippen LogP contribution is -1.98. The first-order chi connectivity index (χ1) is 55.2. The van der Waals surface area contributed by atoms with E-state index in [-0.39, 0.29) is 0 Å². The Kier molecular flexibility index (Phi) is 21.2. The van der Waals surface area contributed by atoms with Gasteiger partial charge in [0.05, 0.1) is 16.9 Å². The fraction of sp³-hybridized carbons (Fsp3) is 0.234. The number of nitrogens with one attached hydrogen (secondary N) is 2. The summed E-state index contributed by atoms with van der Waals surface area (Å²) in [5.74, 6) is 8.60. The number of H-pyrrole nitrogens is 2. The smallest absolute Gasteiger partial charge is 0.170 e. The third-order valence-corrected chi connectivity index (χ3v) is 29.8. The molecule has 3 aromatic heterocycles. The van der Waals surface area contributed by atoms with Gasteiger partial charge in [-0.3, -0.25) is 0 Å². The normalized spacial score (nSPS) is 13.0. The molecule has 0 spiro atoms. The molecule has 17 rings (SSSR count). The fourth-order valence-electron chi connectivity index (χ4n) is 15.4. The van der Waals surface area contributed by atoms with Crippen molar-refractivity contribution in [1.29, 1.82) is 0 Å². The van der Waals surface area contributed by atoms with E-state index in [1.807, 2.05) is 131 Å². The standard InChI is InChI=1S/C94H86N8O6S6/c1-17-19-39-59-73-74(60(40-20-18-2)82-81(59)111-93(112-82)94-113-91(109-15)92(110-16)114-94)90-101-88-66-46-72(108-80-57(13)37-26-38-58(80)14)70(106-78-53(9)33-24-34-54(78)10)44-64(66)86(99-88)97-84-62-42-68(104-76-49(5)29-22-30-50(76)6)67(103-75-47(3)27-21-28-48(75)4)41-61(62)83(95-84)96-85-63-43-69(105-77-51(7)31-23-32-52(77)8)71(107-79-55(11)35-25-36-56(79)12)45-65(63)87(98-85)100-89(73)102-90/h21-38,41-46H,17-20,39-40H2,1-16H3,(H2,95,96,97,98,99,100,101,102). The van der Waals surface area contributed by atoms with Gasteiger partial charge in [0, 0.05) is 53.6 Å². The van der Waals surface area contributed by atoms with Gasteiger partial charge < -0.3 is 38.4 Å². The maximum Gasteiger partial charge on any atom is 0.170 e. The van der Waals surface area contributed by atoms with Gasteiger partial charge in [0.25, 0.3) is 0 Å². The van der Waals surface area contributed by atoms with E-state index in [0.29, 0.717) is 136 Å². The average Bonchev–Trinajstić information content (AvgIpc) is 1.56. The Labute approximate surface area is 690 Å². The predicted octanol–water partition coefficient (Wildman–Crippen LogP) is 28.7. The van der Waals surface area contributed by atoms with Crippen LogP contribution in [0.1, 0.15) is 117 Å². The van der Waals surface area contributed by atoms with Gasteiger partial charge in [0.2, 0.25) is 0 Å². The number of nitrogens with zero attached hydrogens (tertiary/aromatic N) is 6. The molecule has 0 atom stereocenters. The molecule has 0 fully saturated rings. The van der Waals surface area contributed by atoms with Crippen molar-refractivity contribution in [3.63, 3.8) is 0 Å². The second-order valence-electron chi connectivity index (χ2n) is 29.6. The van der Waals surface area contributed by atoms with Crippen molar-refractivity contribution in [3.8, 4) is 115 Å². The minimum absolute atomic E-state index is 0.363. The lowest BCUT2D eigenvalue weighted by Gasteiger charge is -2.18. The van der Waals surface area contributed by atoms with Crippen LogP contribution in [0.2, 0.25) is 0 Å². The van der Waals surface area contributed by atoms with Crippen molar-refractivity contribution in [3.05, 3.63) is 240 Å². The number of hydrogen-bond donors (Lipinski definition) is 2. The Morgan fingerprint density at radius 1 is 0.307 bits per heavy atom. The molecule has 10 aromatic carbocycles. The number of aromatic nitrogens is 8. The van der Waals surface area contributed by atoms with Gasteiger partial charge in [-0.15, -0.1) is 23.5 Å². The summed E-state index contributed by atoms with van der Waals surface area (Å²) in [5, 5.41) is 3.30. The third-order valence-electron chi connectivity index (χ3n) is 21.3. The topological polar surface area (TPSA) is 164 Å². The van der Waals surface area contributed by atoms with Crippen molar-refractivity contribution in [2.24, 2.45) is 0 Å². The molecule has 14 nitrogen and oxygen atoms in total. The van der Waals surface area contributed by atoms with Crippen LogP contribution in [0.3, 0.4) is 0 Å². The monoisotopic (exact) mass is 1610 g/mol. The Hall–Kier alpha value is -10.1. The average molecular weight is 1620 g/mol. The summed E-state index contributed by atoms with van der Waals surface area (Å²) in [6.45, 7) is 29.3. The van der Waals surface area contributed by atoms with E-state index < -0.39 is 0 Å². The van der Waals surface area contributed by atoms with Crippen molar-refractivity contribution in [2.45, 2.75) is 145 Å². The molecule has 2 N–H and O–H groups in total. The van der Waals surface area contributed by atoms with E-state index in [0.717, 1.165) is 128 Å². The molecule has 7 heterocycles. The van der Waals surface area contributed by atoms with Crippen LogP contribution in [0.5, 0.6) is 69.0 Å². The van der Waals surface area contributed by atoms with E-state index in [2.05, 4.69) is 204 Å². The molecule has 0 unspecified atom stereocenters. The number of aromatic amines is 2. The maximum atomic E-state index is 7.26. The molecule has 8 bridgehead atoms. The van der Waals surface area contributed by atoms with Crippen LogP contribution in [0, 0.1) is 83.1 Å². The summed E-state index contributed by atoms with van der Waals surface area (Å²) in [6.07, 6.45) is 9.74. The van der Waals surface area contributed by atoms with E-state index in [1.54, 1.807) is 0 Å². The van der Waals surface area contributed by atoms with Gasteiger partial charge in [-0.05, 0) is 236 Å². The van der Waals surface area contributed by atoms with E-state index in [4.69, 9.17) is 58.3 Å². The Bertz CT molecular complexity index is 5950. The van der Waals surface area contributed by atoms with Crippen LogP contribution in [-0.4, -0.2) is 52.4 Å². The minimum Gasteiger partial charge on any atom is -0.453 e. The molecule has 0 radical (unpaired) electrons. The summed E-state index contributed by atoms with van der Waals surface area (Å²) in [4.78, 5) is 45.2. The summed E-state index contributed by atoms with van der Waals surface area (Å²) in [7, 11) is 0. The predicted molar refractivity (Wildman–Crippen MR) is 477 cm³/mol. The summed E-state index contributed by atoms with van der Waals surface area (Å²) >= 11 is 11.2. The number of para-hydroxylation sites is 6. The van der Waals surface area contributed by atoms with Crippen LogP contribution in [0.25, 0.3) is 89.7 Å². The molecule has 13 aromatic rings. The van der Waals surface area contributed by atoms with Crippen molar-refractivity contribution >= 4 is 115 Å². The van der Waals surface area contributed by atoms with Crippen LogP contribution < -0.4 is 28.4 Å². The molecule has 574 valence electrons. The van der Waals surface area contributed by atoms with Gasteiger partial charge in [-0.1, -0.05) is 183 Å². The zero-order chi connectivity index (χ0) is 79.1. The lowest BCUT2D eigenvalue weighted by molar-refractivity contribution is 0.413. The van der Waals surface area contributed by atoms with Crippen LogP contribution in [-0.2, 0) is 12.8 Å². The Balaban J connectivity index is 1.04. The highest BCUT2D eigenvalue weighted by molar-refractivity contribution is 8.42. The highest BCUT2D eigenvalue weighted by Crippen LogP contribution is 2.66. The lowest BCUT2D eigenvalue weighted by atomic mass is 9.96. The zero-order valence-electron chi connectivity index (χ0n) is 66.7. The van der Waals surface area contributed by atoms with Crippen molar-refractivity contribution < 1.29 is 28.4 Å². The molecule has 20 heteroatoms. The first-order valence-corrected chi connectivity index (χ1v) is 44.3. The van der Waals surface area contributed by atoms with Crippen LogP contribution >= 0.6 is 70.6 Å². The zero-order valence-corrected chi connectivity index (χ0v) is 71.6. The van der Waals surface area contributed by atoms with E-state index in [9.17, 15) is 0 Å². The molecule has 0 saturated heterocycles. The molecule has 4 aliphatic rings. The molecular weight excluding hydrogens is 1530 g/mol. The van der Waals surface area contributed by atoms with Crippen molar-refractivity contribution in [1.82, 2.24) is 39.9 Å². The molecular formula is C94H86N8O6S6. The van der Waals surface area contributed by atoms with Gasteiger partial charge in [0.15, 0.2) is 57.8 Å². The largest absolute Gasteiger partial charge is 0.453 e. The second-order valence-corrected chi connectivity index (χ2v) is 36.4. The van der Waals surface area contributed by atoms with E-state index >= 15 is 0 Å². The highest BCUT2D eigenvalue weighted by atomic mass is 32.3. The van der Waals surface area contributed by atoms with Crippen molar-refractivity contribution in [2.75, 3.05) is 12.5 Å². The number of fused-ring (bicyclic) bond motifs is 21. The number of rotatable bonds is 20. The van der Waals surface area contributed by atoms with Gasteiger partial charge >= 0.3 is 0 Å². The summed E-state index contributed by atoms with van der Waals surface area (Å²) in [6, 6.07) is 49.1. The summed E-state index contributed by atoms with van der Waals surface area (Å²) in [5.41, 5.74) is 18.7. The number of benzene rings is 10. The van der Waals surface area contributed by atoms with E-state index in [1.165, 1.54) is 37.9 Å². The quantitative estimate of drug-likeness (QED) is 0.0740. The van der Waals surface area contributed by atoms with Gasteiger partial charge in [0.1, 0.15) is 57.1 Å². The third kappa shape index (κ3) is 14.3. The molecule has 114 heavy (non-hydrogen) atoms. The number of aryl methyl sites for hydroxylation is 14. The first-order valence-electron chi connectivity index (χ1n) is 38.5. The number of unbranched alkanes of at least 4 members (excludes halogenated alkanes) is 2. The highest BCUT2D eigenvalue weighted by Gasteiger charge is 2.36. The van der Waals surface area contributed by atoms with Gasteiger partial charge in [-0.25, -0.2) is 29.9 Å².